The average Bonchev–Trinajstić information content (AvgIpc) is 2.61. The molecule has 0 atom stereocenters. The molecule has 0 amide bonds. The Balaban J connectivity index is 2.56. The van der Waals surface area contributed by atoms with Crippen LogP contribution in [-0.4, -0.2) is 13.6 Å². The Morgan fingerprint density at radius 1 is 1.56 bits per heavy atom. The van der Waals surface area contributed by atoms with Crippen LogP contribution in [0.2, 0.25) is 0 Å². The van der Waals surface area contributed by atoms with E-state index >= 15 is 0 Å². The standard InChI is InChI=1S/C11H12BrNO2S/c1-3-4-13(2)9-5-8(14)11-10(15-9)7(12)6-16-11/h5-6H,3-4H2,1-2H3. The van der Waals surface area contributed by atoms with E-state index in [1.807, 2.05) is 17.3 Å². The molecule has 2 heterocycles. The molecular weight excluding hydrogens is 290 g/mol. The molecule has 5 heteroatoms. The summed E-state index contributed by atoms with van der Waals surface area (Å²) in [4.78, 5) is 13.8. The molecule has 0 unspecified atom stereocenters. The zero-order valence-electron chi connectivity index (χ0n) is 9.12. The van der Waals surface area contributed by atoms with Crippen LogP contribution in [0.5, 0.6) is 0 Å². The monoisotopic (exact) mass is 301 g/mol. The fourth-order valence-electron chi connectivity index (χ4n) is 1.54. The fourth-order valence-corrected chi connectivity index (χ4v) is 2.99. The van der Waals surface area contributed by atoms with Crippen LogP contribution in [0.1, 0.15) is 13.3 Å². The highest BCUT2D eigenvalue weighted by Crippen LogP contribution is 2.30. The van der Waals surface area contributed by atoms with Crippen molar-refractivity contribution in [3.8, 4) is 0 Å². The van der Waals surface area contributed by atoms with Gasteiger partial charge in [-0.2, -0.15) is 0 Å². The Bertz CT molecular complexity index is 561. The predicted octanol–water partition coefficient (Wildman–Crippen LogP) is 3.46. The predicted molar refractivity (Wildman–Crippen MR) is 71.6 cm³/mol. The molecule has 2 rings (SSSR count). The molecule has 0 saturated carbocycles. The Kier molecular flexibility index (Phi) is 3.35. The smallest absolute Gasteiger partial charge is 0.204 e. The fraction of sp³-hybridized carbons (Fsp3) is 0.364. The zero-order valence-corrected chi connectivity index (χ0v) is 11.5. The van der Waals surface area contributed by atoms with E-state index in [0.29, 0.717) is 16.2 Å². The molecule has 0 radical (unpaired) electrons. The van der Waals surface area contributed by atoms with Crippen molar-refractivity contribution in [1.82, 2.24) is 0 Å². The average molecular weight is 302 g/mol. The number of rotatable bonds is 3. The SMILES string of the molecule is CCCN(C)c1cc(=O)c2scc(Br)c2o1. The summed E-state index contributed by atoms with van der Waals surface area (Å²) in [5.74, 6) is 0.624. The summed E-state index contributed by atoms with van der Waals surface area (Å²) in [6.45, 7) is 2.96. The van der Waals surface area contributed by atoms with Gasteiger partial charge in [0, 0.05) is 25.0 Å². The third-order valence-electron chi connectivity index (χ3n) is 2.32. The lowest BCUT2D eigenvalue weighted by Crippen LogP contribution is -2.19. The summed E-state index contributed by atoms with van der Waals surface area (Å²) < 4.78 is 7.23. The van der Waals surface area contributed by atoms with Crippen LogP contribution >= 0.6 is 27.3 Å². The van der Waals surface area contributed by atoms with Crippen LogP contribution in [0.3, 0.4) is 0 Å². The highest BCUT2D eigenvalue weighted by Gasteiger charge is 2.11. The van der Waals surface area contributed by atoms with Crippen molar-refractivity contribution in [2.45, 2.75) is 13.3 Å². The van der Waals surface area contributed by atoms with E-state index in [2.05, 4.69) is 22.9 Å². The molecular formula is C11H12BrNO2S. The number of fused-ring (bicyclic) bond motifs is 1. The summed E-state index contributed by atoms with van der Waals surface area (Å²) in [6, 6.07) is 1.56. The summed E-state index contributed by atoms with van der Waals surface area (Å²) in [5, 5.41) is 1.87. The molecule has 0 aliphatic heterocycles. The van der Waals surface area contributed by atoms with Gasteiger partial charge in [0.1, 0.15) is 4.70 Å². The lowest BCUT2D eigenvalue weighted by molar-refractivity contribution is 0.583. The molecule has 0 aliphatic rings. The number of hydrogen-bond donors (Lipinski definition) is 0. The second-order valence-corrected chi connectivity index (χ2v) is 5.35. The van der Waals surface area contributed by atoms with Gasteiger partial charge in [-0.25, -0.2) is 0 Å². The highest BCUT2D eigenvalue weighted by atomic mass is 79.9. The van der Waals surface area contributed by atoms with E-state index in [-0.39, 0.29) is 5.43 Å². The van der Waals surface area contributed by atoms with Gasteiger partial charge in [0.25, 0.3) is 0 Å². The van der Waals surface area contributed by atoms with Crippen LogP contribution in [0.4, 0.5) is 5.88 Å². The highest BCUT2D eigenvalue weighted by molar-refractivity contribution is 9.10. The third-order valence-corrected chi connectivity index (χ3v) is 4.19. The Hall–Kier alpha value is -0.810. The maximum absolute atomic E-state index is 11.8. The molecule has 86 valence electrons. The van der Waals surface area contributed by atoms with Gasteiger partial charge in [-0.3, -0.25) is 4.79 Å². The first-order valence-electron chi connectivity index (χ1n) is 5.05. The maximum Gasteiger partial charge on any atom is 0.204 e. The molecule has 0 aliphatic carbocycles. The third kappa shape index (κ3) is 2.01. The molecule has 0 fully saturated rings. The van der Waals surface area contributed by atoms with Gasteiger partial charge >= 0.3 is 0 Å². The topological polar surface area (TPSA) is 33.5 Å². The van der Waals surface area contributed by atoms with Crippen LogP contribution in [0.15, 0.2) is 25.1 Å². The van der Waals surface area contributed by atoms with Crippen molar-refractivity contribution in [1.29, 1.82) is 0 Å². The van der Waals surface area contributed by atoms with E-state index < -0.39 is 0 Å². The van der Waals surface area contributed by atoms with Gasteiger partial charge in [-0.05, 0) is 22.4 Å². The van der Waals surface area contributed by atoms with Crippen LogP contribution < -0.4 is 10.3 Å². The molecule has 2 aromatic heterocycles. The number of halogens is 1. The minimum atomic E-state index is 0.0231. The summed E-state index contributed by atoms with van der Waals surface area (Å²) >= 11 is 4.79. The second kappa shape index (κ2) is 4.59. The Labute approximate surface area is 106 Å². The van der Waals surface area contributed by atoms with Crippen molar-refractivity contribution in [2.75, 3.05) is 18.5 Å². The number of thiophene rings is 1. The summed E-state index contributed by atoms with van der Waals surface area (Å²) in [6.07, 6.45) is 1.02. The first-order valence-corrected chi connectivity index (χ1v) is 6.72. The first-order chi connectivity index (χ1) is 7.63. The van der Waals surface area contributed by atoms with Crippen LogP contribution in [-0.2, 0) is 0 Å². The van der Waals surface area contributed by atoms with Crippen molar-refractivity contribution in [2.24, 2.45) is 0 Å². The van der Waals surface area contributed by atoms with E-state index in [9.17, 15) is 4.79 Å². The molecule has 0 saturated heterocycles. The lowest BCUT2D eigenvalue weighted by Gasteiger charge is -2.15. The molecule has 16 heavy (non-hydrogen) atoms. The quantitative estimate of drug-likeness (QED) is 0.870. The second-order valence-electron chi connectivity index (χ2n) is 3.61. The normalized spacial score (nSPS) is 10.9. The lowest BCUT2D eigenvalue weighted by atomic mass is 10.4. The molecule has 0 spiro atoms. The van der Waals surface area contributed by atoms with Crippen molar-refractivity contribution in [3.63, 3.8) is 0 Å². The maximum atomic E-state index is 11.8. The van der Waals surface area contributed by atoms with Gasteiger partial charge in [0.2, 0.25) is 5.43 Å². The molecule has 2 aromatic rings. The van der Waals surface area contributed by atoms with Crippen LogP contribution in [0, 0.1) is 0 Å². The Morgan fingerprint density at radius 2 is 2.31 bits per heavy atom. The Morgan fingerprint density at radius 3 is 3.00 bits per heavy atom. The van der Waals surface area contributed by atoms with Crippen molar-refractivity contribution >= 4 is 43.4 Å². The molecule has 0 aromatic carbocycles. The van der Waals surface area contributed by atoms with Gasteiger partial charge in [0.05, 0.1) is 4.47 Å². The van der Waals surface area contributed by atoms with Gasteiger partial charge in [-0.15, -0.1) is 11.3 Å². The summed E-state index contributed by atoms with van der Waals surface area (Å²) in [7, 11) is 1.92. The number of anilines is 1. The van der Waals surface area contributed by atoms with Gasteiger partial charge in [0.15, 0.2) is 11.5 Å². The minimum Gasteiger partial charge on any atom is -0.438 e. The van der Waals surface area contributed by atoms with Crippen LogP contribution in [0.25, 0.3) is 10.3 Å². The van der Waals surface area contributed by atoms with Gasteiger partial charge in [-0.1, -0.05) is 6.92 Å². The molecule has 3 nitrogen and oxygen atoms in total. The zero-order chi connectivity index (χ0) is 11.7. The largest absolute Gasteiger partial charge is 0.438 e. The van der Waals surface area contributed by atoms with E-state index in [1.165, 1.54) is 11.3 Å². The summed E-state index contributed by atoms with van der Waals surface area (Å²) in [5.41, 5.74) is 0.672. The molecule has 0 bridgehead atoms. The number of hydrogen-bond acceptors (Lipinski definition) is 4. The first kappa shape index (κ1) is 11.7. The molecule has 0 N–H and O–H groups in total. The van der Waals surface area contributed by atoms with E-state index in [1.54, 1.807) is 6.07 Å². The van der Waals surface area contributed by atoms with E-state index in [4.69, 9.17) is 4.42 Å². The van der Waals surface area contributed by atoms with Crippen molar-refractivity contribution in [3.05, 3.63) is 26.1 Å². The van der Waals surface area contributed by atoms with Crippen molar-refractivity contribution < 1.29 is 4.42 Å². The van der Waals surface area contributed by atoms with E-state index in [0.717, 1.165) is 17.4 Å². The van der Waals surface area contributed by atoms with Gasteiger partial charge < -0.3 is 9.32 Å². The minimum absolute atomic E-state index is 0.0231. The number of nitrogens with zero attached hydrogens (tertiary/aromatic N) is 1.